The fraction of sp³-hybridized carbons (Fsp3) is 0.455. The van der Waals surface area contributed by atoms with E-state index in [1.54, 1.807) is 6.92 Å². The first kappa shape index (κ1) is 13.1. The van der Waals surface area contributed by atoms with Gasteiger partial charge in [-0.3, -0.25) is 0 Å². The summed E-state index contributed by atoms with van der Waals surface area (Å²) in [5, 5.41) is 2.84. The molecule has 1 N–H and O–H groups in total. The van der Waals surface area contributed by atoms with E-state index in [0.717, 1.165) is 0 Å². The van der Waals surface area contributed by atoms with Crippen molar-refractivity contribution in [2.24, 2.45) is 0 Å². The highest BCUT2D eigenvalue weighted by Crippen LogP contribution is 2.15. The van der Waals surface area contributed by atoms with Gasteiger partial charge < -0.3 is 5.32 Å². The molecule has 0 radical (unpaired) electrons. The van der Waals surface area contributed by atoms with Gasteiger partial charge in [0, 0.05) is 6.04 Å². The monoisotopic (exact) mass is 245 g/mol. The zero-order valence-corrected chi connectivity index (χ0v) is 10.4. The largest absolute Gasteiger partial charge is 0.301 e. The van der Waals surface area contributed by atoms with Gasteiger partial charge in [0.15, 0.2) is 9.84 Å². The molecular weight excluding hydrogens is 229 g/mol. The summed E-state index contributed by atoms with van der Waals surface area (Å²) in [6, 6.07) is 3.92. The molecule has 0 aromatic heterocycles. The van der Waals surface area contributed by atoms with Crippen LogP contribution in [0.3, 0.4) is 0 Å². The van der Waals surface area contributed by atoms with Crippen LogP contribution in [0.25, 0.3) is 0 Å². The van der Waals surface area contributed by atoms with E-state index >= 15 is 0 Å². The average molecular weight is 245 g/mol. The Hall–Kier alpha value is -0.940. The topological polar surface area (TPSA) is 46.2 Å². The number of hydrogen-bond donors (Lipinski definition) is 1. The number of benzene rings is 1. The van der Waals surface area contributed by atoms with Crippen molar-refractivity contribution >= 4 is 9.84 Å². The van der Waals surface area contributed by atoms with E-state index in [-0.39, 0.29) is 16.8 Å². The van der Waals surface area contributed by atoms with E-state index in [1.165, 1.54) is 18.2 Å². The minimum absolute atomic E-state index is 0.0938. The number of aryl methyl sites for hydroxylation is 1. The van der Waals surface area contributed by atoms with Gasteiger partial charge in [0.25, 0.3) is 0 Å². The van der Waals surface area contributed by atoms with Crippen LogP contribution in [0, 0.1) is 12.7 Å². The summed E-state index contributed by atoms with van der Waals surface area (Å²) in [6.07, 6.45) is 0. The second-order valence-corrected chi connectivity index (χ2v) is 6.02. The van der Waals surface area contributed by atoms with E-state index in [1.807, 2.05) is 13.8 Å². The maximum absolute atomic E-state index is 13.0. The molecule has 1 aromatic rings. The van der Waals surface area contributed by atoms with Gasteiger partial charge >= 0.3 is 0 Å². The van der Waals surface area contributed by atoms with Crippen LogP contribution in [0.2, 0.25) is 0 Å². The first-order valence-corrected chi connectivity index (χ1v) is 6.70. The zero-order chi connectivity index (χ0) is 12.3. The van der Waals surface area contributed by atoms with Crippen LogP contribution in [-0.4, -0.2) is 20.3 Å². The van der Waals surface area contributed by atoms with Gasteiger partial charge in [0.05, 0.1) is 4.90 Å². The van der Waals surface area contributed by atoms with Crippen LogP contribution >= 0.6 is 0 Å². The van der Waals surface area contributed by atoms with Crippen molar-refractivity contribution in [1.29, 1.82) is 0 Å². The molecule has 1 aromatic carbocycles. The quantitative estimate of drug-likeness (QED) is 0.824. The third-order valence-electron chi connectivity index (χ3n) is 2.17. The first-order valence-electron chi connectivity index (χ1n) is 5.05. The molecule has 0 bridgehead atoms. The summed E-state index contributed by atoms with van der Waals surface area (Å²) in [4.78, 5) is 0.152. The van der Waals surface area contributed by atoms with Crippen LogP contribution in [0.15, 0.2) is 23.1 Å². The van der Waals surface area contributed by atoms with Gasteiger partial charge in [-0.2, -0.15) is 0 Å². The Balaban J connectivity index is 2.94. The first-order chi connectivity index (χ1) is 7.33. The van der Waals surface area contributed by atoms with Gasteiger partial charge in [-0.1, -0.05) is 0 Å². The van der Waals surface area contributed by atoms with Gasteiger partial charge in [0.1, 0.15) is 11.7 Å². The lowest BCUT2D eigenvalue weighted by Crippen LogP contribution is -2.29. The lowest BCUT2D eigenvalue weighted by atomic mass is 10.2. The molecular formula is C11H16FNO2S. The van der Waals surface area contributed by atoms with Crippen molar-refractivity contribution in [3.05, 3.63) is 29.6 Å². The summed E-state index contributed by atoms with van der Waals surface area (Å²) in [6.45, 7) is 5.28. The van der Waals surface area contributed by atoms with Crippen molar-refractivity contribution in [3.63, 3.8) is 0 Å². The Labute approximate surface area is 95.6 Å². The summed E-state index contributed by atoms with van der Waals surface area (Å²) < 4.78 is 36.6. The zero-order valence-electron chi connectivity index (χ0n) is 9.62. The molecule has 0 saturated heterocycles. The predicted octanol–water partition coefficient (Wildman–Crippen LogP) is 1.86. The molecule has 5 heteroatoms. The molecule has 16 heavy (non-hydrogen) atoms. The van der Waals surface area contributed by atoms with E-state index in [2.05, 4.69) is 5.32 Å². The van der Waals surface area contributed by atoms with Crippen LogP contribution in [0.5, 0.6) is 0 Å². The average Bonchev–Trinajstić information content (AvgIpc) is 2.19. The van der Waals surface area contributed by atoms with Crippen LogP contribution in [0.1, 0.15) is 19.4 Å². The molecule has 0 aliphatic heterocycles. The van der Waals surface area contributed by atoms with Crippen molar-refractivity contribution in [3.8, 4) is 0 Å². The van der Waals surface area contributed by atoms with Gasteiger partial charge in [-0.05, 0) is 44.5 Å². The Bertz CT molecular complexity index is 469. The standard InChI is InChI=1S/C11H16FNO2S/c1-8(2)13-7-16(14,15)10-4-5-11(12)9(3)6-10/h4-6,8,13H,7H2,1-3H3. The Kier molecular flexibility index (Phi) is 4.04. The molecule has 0 spiro atoms. The van der Waals surface area contributed by atoms with E-state index in [0.29, 0.717) is 5.56 Å². The highest BCUT2D eigenvalue weighted by Gasteiger charge is 2.15. The smallest absolute Gasteiger partial charge is 0.191 e. The van der Waals surface area contributed by atoms with E-state index < -0.39 is 15.7 Å². The molecule has 1 rings (SSSR count). The fourth-order valence-electron chi connectivity index (χ4n) is 1.17. The van der Waals surface area contributed by atoms with Crippen LogP contribution in [0.4, 0.5) is 4.39 Å². The van der Waals surface area contributed by atoms with E-state index in [9.17, 15) is 12.8 Å². The molecule has 0 unspecified atom stereocenters. The summed E-state index contributed by atoms with van der Waals surface area (Å²) in [5.41, 5.74) is 0.339. The van der Waals surface area contributed by atoms with Crippen LogP contribution < -0.4 is 5.32 Å². The molecule has 0 aliphatic rings. The van der Waals surface area contributed by atoms with Crippen molar-refractivity contribution in [2.45, 2.75) is 31.7 Å². The van der Waals surface area contributed by atoms with Gasteiger partial charge in [0.2, 0.25) is 0 Å². The molecule has 0 fully saturated rings. The minimum Gasteiger partial charge on any atom is -0.301 e. The molecule has 0 heterocycles. The highest BCUT2D eigenvalue weighted by molar-refractivity contribution is 7.91. The molecule has 0 amide bonds. The van der Waals surface area contributed by atoms with Gasteiger partial charge in [-0.15, -0.1) is 0 Å². The predicted molar refractivity (Wildman–Crippen MR) is 61.5 cm³/mol. The third-order valence-corrected chi connectivity index (χ3v) is 3.69. The number of nitrogens with one attached hydrogen (secondary N) is 1. The number of hydrogen-bond acceptors (Lipinski definition) is 3. The highest BCUT2D eigenvalue weighted by atomic mass is 32.2. The minimum atomic E-state index is -3.37. The van der Waals surface area contributed by atoms with Gasteiger partial charge in [-0.25, -0.2) is 12.8 Å². The maximum Gasteiger partial charge on any atom is 0.191 e. The number of halogens is 1. The number of sulfone groups is 1. The third kappa shape index (κ3) is 3.28. The van der Waals surface area contributed by atoms with Crippen LogP contribution in [-0.2, 0) is 9.84 Å². The maximum atomic E-state index is 13.0. The SMILES string of the molecule is Cc1cc(S(=O)(=O)CNC(C)C)ccc1F. The van der Waals surface area contributed by atoms with Crippen molar-refractivity contribution < 1.29 is 12.8 Å². The second-order valence-electron chi connectivity index (χ2n) is 4.03. The number of rotatable bonds is 4. The normalized spacial score (nSPS) is 12.1. The summed E-state index contributed by atoms with van der Waals surface area (Å²) in [5.74, 6) is -0.522. The molecule has 3 nitrogen and oxygen atoms in total. The summed E-state index contributed by atoms with van der Waals surface area (Å²) in [7, 11) is -3.37. The molecule has 0 aliphatic carbocycles. The lowest BCUT2D eigenvalue weighted by molar-refractivity contribution is 0.572. The fourth-order valence-corrected chi connectivity index (χ4v) is 2.52. The molecule has 0 atom stereocenters. The molecule has 0 saturated carbocycles. The Morgan fingerprint density at radius 1 is 1.38 bits per heavy atom. The van der Waals surface area contributed by atoms with Crippen molar-refractivity contribution in [2.75, 3.05) is 5.88 Å². The lowest BCUT2D eigenvalue weighted by Gasteiger charge is -2.09. The summed E-state index contributed by atoms with van der Waals surface area (Å²) >= 11 is 0. The molecule has 90 valence electrons. The Morgan fingerprint density at radius 3 is 2.50 bits per heavy atom. The van der Waals surface area contributed by atoms with E-state index in [4.69, 9.17) is 0 Å². The Morgan fingerprint density at radius 2 is 2.00 bits per heavy atom. The van der Waals surface area contributed by atoms with Crippen molar-refractivity contribution in [1.82, 2.24) is 5.32 Å². The second kappa shape index (κ2) is 4.93.